The Labute approximate surface area is 193 Å². The third kappa shape index (κ3) is 4.38. The highest BCUT2D eigenvalue weighted by Crippen LogP contribution is 2.34. The Balaban J connectivity index is 1.27. The molecule has 0 spiro atoms. The van der Waals surface area contributed by atoms with Crippen molar-refractivity contribution in [3.05, 3.63) is 35.5 Å². The Bertz CT molecular complexity index is 1080. The Morgan fingerprint density at radius 3 is 2.69 bits per heavy atom. The first-order valence-corrected chi connectivity index (χ1v) is 12.6. The second-order valence-corrected chi connectivity index (χ2v) is 10.1. The second-order valence-electron chi connectivity index (χ2n) is 9.11. The summed E-state index contributed by atoms with van der Waals surface area (Å²) in [6.45, 7) is 9.88. The van der Waals surface area contributed by atoms with E-state index in [9.17, 15) is 4.79 Å². The molecule has 8 heteroatoms. The maximum atomic E-state index is 12.8. The number of likely N-dealkylation sites (tertiary alicyclic amines) is 1. The highest BCUT2D eigenvalue weighted by Gasteiger charge is 2.28. The van der Waals surface area contributed by atoms with Crippen LogP contribution in [0, 0.1) is 19.8 Å². The maximum Gasteiger partial charge on any atom is 0.224 e. The number of aryl methyl sites for hydroxylation is 2. The van der Waals surface area contributed by atoms with Crippen LogP contribution in [-0.4, -0.2) is 64.8 Å². The molecule has 2 aliphatic heterocycles. The topological polar surface area (TPSA) is 66.3 Å². The highest BCUT2D eigenvalue weighted by molar-refractivity contribution is 7.22. The lowest BCUT2D eigenvalue weighted by Crippen LogP contribution is -2.44. The van der Waals surface area contributed by atoms with Crippen molar-refractivity contribution in [1.82, 2.24) is 25.0 Å². The summed E-state index contributed by atoms with van der Waals surface area (Å²) in [6, 6.07) is 8.37. The lowest BCUT2D eigenvalue weighted by atomic mass is 9.97. The summed E-state index contributed by atoms with van der Waals surface area (Å²) in [7, 11) is 0. The molecule has 1 N–H and O–H groups in total. The second kappa shape index (κ2) is 9.19. The lowest BCUT2D eigenvalue weighted by Gasteiger charge is -2.31. The van der Waals surface area contributed by atoms with Crippen molar-refractivity contribution < 1.29 is 4.79 Å². The molecular weight excluding hydrogens is 420 g/mol. The monoisotopic (exact) mass is 452 g/mol. The summed E-state index contributed by atoms with van der Waals surface area (Å²) in [4.78, 5) is 22.5. The molecule has 170 valence electrons. The van der Waals surface area contributed by atoms with Gasteiger partial charge in [-0.15, -0.1) is 0 Å². The molecule has 0 saturated carbocycles. The van der Waals surface area contributed by atoms with Gasteiger partial charge in [0.05, 0.1) is 22.0 Å². The molecule has 3 aromatic rings. The van der Waals surface area contributed by atoms with Gasteiger partial charge in [0.25, 0.3) is 0 Å². The largest absolute Gasteiger partial charge is 0.355 e. The predicted molar refractivity (Wildman–Crippen MR) is 130 cm³/mol. The molecule has 0 radical (unpaired) electrons. The van der Waals surface area contributed by atoms with Gasteiger partial charge in [-0.25, -0.2) is 4.68 Å². The molecule has 2 saturated heterocycles. The first kappa shape index (κ1) is 21.4. The van der Waals surface area contributed by atoms with Crippen molar-refractivity contribution in [2.24, 2.45) is 5.92 Å². The molecule has 0 aliphatic carbocycles. The summed E-state index contributed by atoms with van der Waals surface area (Å²) >= 11 is 1.69. The first-order valence-electron chi connectivity index (χ1n) is 11.8. The minimum absolute atomic E-state index is 0.0315. The summed E-state index contributed by atoms with van der Waals surface area (Å²) < 4.78 is 3.06. The zero-order chi connectivity index (χ0) is 22.1. The molecule has 32 heavy (non-hydrogen) atoms. The van der Waals surface area contributed by atoms with Gasteiger partial charge < -0.3 is 15.1 Å². The molecule has 4 heterocycles. The standard InChI is InChI=1S/C24H32N6OS/c1-17-7-9-20(10-8-17)30-22-21(18(2)27-30)32-24(26-22)29-14-5-6-19(16-29)23(31)25-11-15-28-12-3-4-13-28/h7-10,19H,3-6,11-16H2,1-2H3,(H,25,31). The molecule has 1 aromatic carbocycles. The fourth-order valence-corrected chi connectivity index (χ4v) is 5.80. The van der Waals surface area contributed by atoms with Crippen molar-refractivity contribution in [3.63, 3.8) is 0 Å². The van der Waals surface area contributed by atoms with E-state index in [0.717, 1.165) is 65.9 Å². The number of carbonyl (C=O) groups excluding carboxylic acids is 1. The molecule has 2 aliphatic rings. The molecule has 1 amide bonds. The molecule has 1 atom stereocenters. The van der Waals surface area contributed by atoms with Gasteiger partial charge >= 0.3 is 0 Å². The fraction of sp³-hybridized carbons (Fsp3) is 0.542. The maximum absolute atomic E-state index is 12.8. The number of aromatic nitrogens is 3. The van der Waals surface area contributed by atoms with Crippen molar-refractivity contribution in [1.29, 1.82) is 0 Å². The van der Waals surface area contributed by atoms with Crippen LogP contribution in [0.3, 0.4) is 0 Å². The number of nitrogens with one attached hydrogen (secondary N) is 1. The summed E-state index contributed by atoms with van der Waals surface area (Å²) in [5, 5.41) is 8.90. The first-order chi connectivity index (χ1) is 15.6. The minimum Gasteiger partial charge on any atom is -0.355 e. The fourth-order valence-electron chi connectivity index (χ4n) is 4.78. The van der Waals surface area contributed by atoms with E-state index in [-0.39, 0.29) is 11.8 Å². The third-order valence-corrected chi connectivity index (χ3v) is 7.86. The van der Waals surface area contributed by atoms with Crippen LogP contribution in [0.5, 0.6) is 0 Å². The summed E-state index contributed by atoms with van der Waals surface area (Å²) in [6.07, 6.45) is 4.54. The lowest BCUT2D eigenvalue weighted by molar-refractivity contribution is -0.125. The number of carbonyl (C=O) groups is 1. The zero-order valence-corrected chi connectivity index (χ0v) is 19.8. The number of rotatable bonds is 6. The molecule has 7 nitrogen and oxygen atoms in total. The molecular formula is C24H32N6OS. The van der Waals surface area contributed by atoms with E-state index in [0.29, 0.717) is 0 Å². The van der Waals surface area contributed by atoms with E-state index in [1.165, 1.54) is 31.5 Å². The van der Waals surface area contributed by atoms with Crippen LogP contribution >= 0.6 is 11.3 Å². The van der Waals surface area contributed by atoms with Gasteiger partial charge in [0, 0.05) is 26.2 Å². The van der Waals surface area contributed by atoms with E-state index in [4.69, 9.17) is 10.1 Å². The Morgan fingerprint density at radius 2 is 1.91 bits per heavy atom. The Morgan fingerprint density at radius 1 is 1.12 bits per heavy atom. The SMILES string of the molecule is Cc1ccc(-n2nc(C)c3sc(N4CCCC(C(=O)NCCN5CCCC5)C4)nc32)cc1. The van der Waals surface area contributed by atoms with Crippen LogP contribution in [0.2, 0.25) is 0 Å². The van der Waals surface area contributed by atoms with Gasteiger partial charge in [-0.05, 0) is 64.8 Å². The van der Waals surface area contributed by atoms with E-state index in [1.54, 1.807) is 11.3 Å². The van der Waals surface area contributed by atoms with Crippen LogP contribution in [0.4, 0.5) is 5.13 Å². The molecule has 0 bridgehead atoms. The van der Waals surface area contributed by atoms with Crippen molar-refractivity contribution in [2.45, 2.75) is 39.5 Å². The number of hydrogen-bond donors (Lipinski definition) is 1. The Kier molecular flexibility index (Phi) is 6.15. The van der Waals surface area contributed by atoms with Gasteiger partial charge in [0.1, 0.15) is 0 Å². The number of piperidine rings is 1. The number of hydrogen-bond acceptors (Lipinski definition) is 6. The highest BCUT2D eigenvalue weighted by atomic mass is 32.1. The Hall–Kier alpha value is -2.45. The summed E-state index contributed by atoms with van der Waals surface area (Å²) in [5.74, 6) is 0.223. The van der Waals surface area contributed by atoms with E-state index >= 15 is 0 Å². The average molecular weight is 453 g/mol. The van der Waals surface area contributed by atoms with Crippen molar-refractivity contribution in [3.8, 4) is 5.69 Å². The normalized spacial score (nSPS) is 19.7. The number of benzene rings is 1. The number of thiazole rings is 1. The van der Waals surface area contributed by atoms with Crippen LogP contribution in [-0.2, 0) is 4.79 Å². The van der Waals surface area contributed by atoms with E-state index in [2.05, 4.69) is 46.3 Å². The van der Waals surface area contributed by atoms with Crippen LogP contribution in [0.1, 0.15) is 36.9 Å². The predicted octanol–water partition coefficient (Wildman–Crippen LogP) is 3.53. The van der Waals surface area contributed by atoms with Gasteiger partial charge in [-0.1, -0.05) is 29.0 Å². The molecule has 2 fully saturated rings. The number of nitrogens with zero attached hydrogens (tertiary/aromatic N) is 5. The van der Waals surface area contributed by atoms with Crippen molar-refractivity contribution in [2.75, 3.05) is 44.2 Å². The van der Waals surface area contributed by atoms with Gasteiger partial charge in [-0.3, -0.25) is 4.79 Å². The smallest absolute Gasteiger partial charge is 0.224 e. The number of anilines is 1. The van der Waals surface area contributed by atoms with Gasteiger partial charge in [0.2, 0.25) is 5.91 Å². The quantitative estimate of drug-likeness (QED) is 0.620. The zero-order valence-electron chi connectivity index (χ0n) is 19.0. The molecule has 1 unspecified atom stereocenters. The molecule has 2 aromatic heterocycles. The van der Waals surface area contributed by atoms with Crippen LogP contribution in [0.15, 0.2) is 24.3 Å². The summed E-state index contributed by atoms with van der Waals surface area (Å²) in [5.41, 5.74) is 4.16. The molecule has 5 rings (SSSR count). The van der Waals surface area contributed by atoms with Gasteiger partial charge in [-0.2, -0.15) is 10.1 Å². The minimum atomic E-state index is 0.0315. The third-order valence-electron chi connectivity index (χ3n) is 6.64. The van der Waals surface area contributed by atoms with Crippen LogP contribution < -0.4 is 10.2 Å². The van der Waals surface area contributed by atoms with E-state index in [1.807, 2.05) is 11.6 Å². The average Bonchev–Trinajstić information content (AvgIpc) is 3.53. The number of amides is 1. The number of fused-ring (bicyclic) bond motifs is 1. The van der Waals surface area contributed by atoms with Crippen molar-refractivity contribution >= 4 is 32.7 Å². The van der Waals surface area contributed by atoms with E-state index < -0.39 is 0 Å². The van der Waals surface area contributed by atoms with Crippen LogP contribution in [0.25, 0.3) is 16.0 Å². The van der Waals surface area contributed by atoms with Gasteiger partial charge in [0.15, 0.2) is 10.8 Å².